The number of nitrogens with zero attached hydrogens (tertiary/aromatic N) is 1. The Morgan fingerprint density at radius 1 is 1.00 bits per heavy atom. The van der Waals surface area contributed by atoms with Gasteiger partial charge >= 0.3 is 0 Å². The molecule has 1 aliphatic heterocycles. The fourth-order valence-electron chi connectivity index (χ4n) is 2.61. The van der Waals surface area contributed by atoms with Gasteiger partial charge in [0.15, 0.2) is 0 Å². The third-order valence-corrected chi connectivity index (χ3v) is 3.86. The van der Waals surface area contributed by atoms with E-state index in [1.165, 1.54) is 77.5 Å². The lowest BCUT2D eigenvalue weighted by Gasteiger charge is -2.27. The van der Waals surface area contributed by atoms with E-state index in [0.29, 0.717) is 0 Å². The first-order valence-corrected chi connectivity index (χ1v) is 7.82. The smallest absolute Gasteiger partial charge is 0.00792 e. The molecule has 1 unspecified atom stereocenters. The molecule has 2 heteroatoms. The topological polar surface area (TPSA) is 15.3 Å². The van der Waals surface area contributed by atoms with Gasteiger partial charge in [-0.2, -0.15) is 0 Å². The lowest BCUT2D eigenvalue weighted by Crippen LogP contribution is -2.38. The molecule has 0 bridgehead atoms. The summed E-state index contributed by atoms with van der Waals surface area (Å²) in [5.74, 6) is 0. The van der Waals surface area contributed by atoms with Crippen molar-refractivity contribution in [2.45, 2.75) is 71.3 Å². The molecule has 1 heterocycles. The zero-order valence-electron chi connectivity index (χ0n) is 12.0. The minimum absolute atomic E-state index is 0.800. The molecular formula is C15H32N2. The SMILES string of the molecule is CCCCN(CCCC)CCC1CCCCN1. The fourth-order valence-corrected chi connectivity index (χ4v) is 2.61. The van der Waals surface area contributed by atoms with Crippen molar-refractivity contribution in [1.29, 1.82) is 0 Å². The van der Waals surface area contributed by atoms with Crippen LogP contribution in [0.1, 0.15) is 65.2 Å². The van der Waals surface area contributed by atoms with E-state index in [2.05, 4.69) is 24.1 Å². The van der Waals surface area contributed by atoms with Crippen LogP contribution in [0.5, 0.6) is 0 Å². The Balaban J connectivity index is 2.16. The van der Waals surface area contributed by atoms with E-state index in [9.17, 15) is 0 Å². The van der Waals surface area contributed by atoms with Crippen LogP contribution < -0.4 is 5.32 Å². The number of nitrogens with one attached hydrogen (secondary N) is 1. The van der Waals surface area contributed by atoms with E-state index >= 15 is 0 Å². The van der Waals surface area contributed by atoms with E-state index in [0.717, 1.165) is 6.04 Å². The molecule has 0 amide bonds. The van der Waals surface area contributed by atoms with Crippen LogP contribution in [0.4, 0.5) is 0 Å². The van der Waals surface area contributed by atoms with Crippen molar-refractivity contribution in [3.05, 3.63) is 0 Å². The number of hydrogen-bond donors (Lipinski definition) is 1. The quantitative estimate of drug-likeness (QED) is 0.664. The van der Waals surface area contributed by atoms with Crippen LogP contribution in [-0.2, 0) is 0 Å². The number of piperidine rings is 1. The summed E-state index contributed by atoms with van der Waals surface area (Å²) >= 11 is 0. The Morgan fingerprint density at radius 2 is 1.71 bits per heavy atom. The molecular weight excluding hydrogens is 208 g/mol. The summed E-state index contributed by atoms with van der Waals surface area (Å²) in [6, 6.07) is 0.800. The summed E-state index contributed by atoms with van der Waals surface area (Å²) in [5.41, 5.74) is 0. The first-order valence-electron chi connectivity index (χ1n) is 7.82. The average molecular weight is 240 g/mol. The van der Waals surface area contributed by atoms with Crippen molar-refractivity contribution < 1.29 is 0 Å². The molecule has 2 nitrogen and oxygen atoms in total. The predicted octanol–water partition coefficient (Wildman–Crippen LogP) is 3.42. The Bertz CT molecular complexity index is 156. The van der Waals surface area contributed by atoms with E-state index in [1.807, 2.05) is 0 Å². The molecule has 0 spiro atoms. The fraction of sp³-hybridized carbons (Fsp3) is 1.00. The van der Waals surface area contributed by atoms with E-state index < -0.39 is 0 Å². The molecule has 0 aromatic rings. The molecule has 1 saturated heterocycles. The first-order chi connectivity index (χ1) is 8.36. The summed E-state index contributed by atoms with van der Waals surface area (Å²) in [4.78, 5) is 2.68. The summed E-state index contributed by atoms with van der Waals surface area (Å²) in [6.07, 6.45) is 10.9. The summed E-state index contributed by atoms with van der Waals surface area (Å²) in [7, 11) is 0. The van der Waals surface area contributed by atoms with Gasteiger partial charge in [0.05, 0.1) is 0 Å². The summed E-state index contributed by atoms with van der Waals surface area (Å²) in [5, 5.41) is 3.66. The Labute approximate surface area is 108 Å². The second kappa shape index (κ2) is 9.90. The second-order valence-electron chi connectivity index (χ2n) is 5.48. The van der Waals surface area contributed by atoms with E-state index in [1.54, 1.807) is 0 Å². The van der Waals surface area contributed by atoms with Crippen molar-refractivity contribution in [1.82, 2.24) is 10.2 Å². The number of rotatable bonds is 9. The molecule has 1 rings (SSSR count). The minimum atomic E-state index is 0.800. The minimum Gasteiger partial charge on any atom is -0.314 e. The van der Waals surface area contributed by atoms with Gasteiger partial charge in [-0.25, -0.2) is 0 Å². The lowest BCUT2D eigenvalue weighted by atomic mass is 10.0. The highest BCUT2D eigenvalue weighted by atomic mass is 15.1. The average Bonchev–Trinajstić information content (AvgIpc) is 2.39. The third kappa shape index (κ3) is 7.05. The maximum Gasteiger partial charge on any atom is 0.00792 e. The maximum absolute atomic E-state index is 3.66. The normalized spacial score (nSPS) is 21.0. The van der Waals surface area contributed by atoms with Crippen LogP contribution in [0.25, 0.3) is 0 Å². The maximum atomic E-state index is 3.66. The standard InChI is InChI=1S/C15H32N2/c1-3-5-12-17(13-6-4-2)14-10-15-9-7-8-11-16-15/h15-16H,3-14H2,1-2H3. The van der Waals surface area contributed by atoms with Gasteiger partial charge in [-0.15, -0.1) is 0 Å². The molecule has 17 heavy (non-hydrogen) atoms. The van der Waals surface area contributed by atoms with Gasteiger partial charge in [-0.1, -0.05) is 33.1 Å². The van der Waals surface area contributed by atoms with Crippen molar-refractivity contribution in [2.24, 2.45) is 0 Å². The molecule has 1 atom stereocenters. The van der Waals surface area contributed by atoms with Crippen LogP contribution >= 0.6 is 0 Å². The first kappa shape index (κ1) is 15.0. The molecule has 1 aliphatic rings. The number of hydrogen-bond acceptors (Lipinski definition) is 2. The molecule has 0 radical (unpaired) electrons. The van der Waals surface area contributed by atoms with Gasteiger partial charge in [0.25, 0.3) is 0 Å². The molecule has 0 aliphatic carbocycles. The lowest BCUT2D eigenvalue weighted by molar-refractivity contribution is 0.240. The van der Waals surface area contributed by atoms with Crippen molar-refractivity contribution in [3.63, 3.8) is 0 Å². The van der Waals surface area contributed by atoms with Gasteiger partial charge in [0.1, 0.15) is 0 Å². The second-order valence-corrected chi connectivity index (χ2v) is 5.48. The van der Waals surface area contributed by atoms with Crippen molar-refractivity contribution >= 4 is 0 Å². The highest BCUT2D eigenvalue weighted by Crippen LogP contribution is 2.11. The molecule has 0 saturated carbocycles. The number of unbranched alkanes of at least 4 members (excludes halogenated alkanes) is 2. The van der Waals surface area contributed by atoms with Gasteiger partial charge in [-0.3, -0.25) is 0 Å². The predicted molar refractivity (Wildman–Crippen MR) is 76.5 cm³/mol. The van der Waals surface area contributed by atoms with Crippen LogP contribution in [0.15, 0.2) is 0 Å². The Kier molecular flexibility index (Phi) is 8.72. The van der Waals surface area contributed by atoms with Crippen molar-refractivity contribution in [2.75, 3.05) is 26.2 Å². The van der Waals surface area contributed by atoms with E-state index in [-0.39, 0.29) is 0 Å². The molecule has 102 valence electrons. The van der Waals surface area contributed by atoms with Crippen LogP contribution in [-0.4, -0.2) is 37.1 Å². The van der Waals surface area contributed by atoms with Gasteiger partial charge in [0, 0.05) is 6.04 Å². The van der Waals surface area contributed by atoms with Crippen LogP contribution in [0.3, 0.4) is 0 Å². The Hall–Kier alpha value is -0.0800. The van der Waals surface area contributed by atoms with Crippen LogP contribution in [0.2, 0.25) is 0 Å². The van der Waals surface area contributed by atoms with Crippen molar-refractivity contribution in [3.8, 4) is 0 Å². The summed E-state index contributed by atoms with van der Waals surface area (Å²) in [6.45, 7) is 9.75. The molecule has 0 aromatic heterocycles. The zero-order valence-corrected chi connectivity index (χ0v) is 12.0. The monoisotopic (exact) mass is 240 g/mol. The van der Waals surface area contributed by atoms with Crippen LogP contribution in [0, 0.1) is 0 Å². The molecule has 0 aromatic carbocycles. The van der Waals surface area contributed by atoms with E-state index in [4.69, 9.17) is 0 Å². The molecule has 1 fully saturated rings. The molecule has 1 N–H and O–H groups in total. The third-order valence-electron chi connectivity index (χ3n) is 3.86. The van der Waals surface area contributed by atoms with Gasteiger partial charge in [0.2, 0.25) is 0 Å². The zero-order chi connectivity index (χ0) is 12.3. The van der Waals surface area contributed by atoms with Gasteiger partial charge < -0.3 is 10.2 Å². The Morgan fingerprint density at radius 3 is 2.24 bits per heavy atom. The largest absolute Gasteiger partial charge is 0.314 e. The highest BCUT2D eigenvalue weighted by molar-refractivity contribution is 4.73. The highest BCUT2D eigenvalue weighted by Gasteiger charge is 2.13. The summed E-state index contributed by atoms with van der Waals surface area (Å²) < 4.78 is 0. The van der Waals surface area contributed by atoms with Gasteiger partial charge in [-0.05, 0) is 58.3 Å².